The van der Waals surface area contributed by atoms with E-state index < -0.39 is 17.3 Å². The zero-order chi connectivity index (χ0) is 17.4. The van der Waals surface area contributed by atoms with Crippen molar-refractivity contribution in [2.75, 3.05) is 20.3 Å². The number of carbonyl (C=O) groups excluding carboxylic acids is 1. The Hall–Kier alpha value is -2.25. The molecule has 7 heteroatoms. The summed E-state index contributed by atoms with van der Waals surface area (Å²) in [5.41, 5.74) is 0.249. The lowest BCUT2D eigenvalue weighted by molar-refractivity contribution is 0.0649. The number of ether oxygens (including phenoxy) is 1. The topological polar surface area (TPSA) is 82.6 Å². The van der Waals surface area contributed by atoms with E-state index in [2.05, 4.69) is 4.98 Å². The van der Waals surface area contributed by atoms with Crippen LogP contribution in [0.15, 0.2) is 23.0 Å². The third-order valence-electron chi connectivity index (χ3n) is 4.46. The van der Waals surface area contributed by atoms with Gasteiger partial charge < -0.3 is 19.7 Å². The van der Waals surface area contributed by atoms with Crippen LogP contribution in [0.25, 0.3) is 10.9 Å². The molecular formula is C17H19FN2O4. The van der Waals surface area contributed by atoms with E-state index in [1.165, 1.54) is 17.0 Å². The van der Waals surface area contributed by atoms with E-state index in [1.54, 1.807) is 20.1 Å². The molecule has 2 aromatic rings. The van der Waals surface area contributed by atoms with Crippen LogP contribution in [-0.4, -0.2) is 53.3 Å². The number of halogens is 1. The Morgan fingerprint density at radius 1 is 1.46 bits per heavy atom. The van der Waals surface area contributed by atoms with Gasteiger partial charge in [0.25, 0.3) is 5.91 Å². The number of H-pyrrole nitrogens is 1. The van der Waals surface area contributed by atoms with Crippen molar-refractivity contribution in [2.24, 2.45) is 0 Å². The molecule has 2 heterocycles. The van der Waals surface area contributed by atoms with E-state index in [1.807, 2.05) is 0 Å². The molecule has 0 aliphatic carbocycles. The Labute approximate surface area is 137 Å². The van der Waals surface area contributed by atoms with E-state index in [4.69, 9.17) is 4.74 Å². The molecule has 3 rings (SSSR count). The highest BCUT2D eigenvalue weighted by molar-refractivity contribution is 6.06. The first kappa shape index (κ1) is 16.6. The van der Waals surface area contributed by atoms with Crippen LogP contribution in [0.1, 0.15) is 22.3 Å². The Bertz CT molecular complexity index is 848. The molecule has 1 amide bonds. The number of aryl methyl sites for hydroxylation is 1. The number of pyridine rings is 1. The lowest BCUT2D eigenvalue weighted by Gasteiger charge is -2.23. The maximum absolute atomic E-state index is 14.2. The zero-order valence-corrected chi connectivity index (χ0v) is 13.5. The molecule has 24 heavy (non-hydrogen) atoms. The SMILES string of the molecule is CO[C@@H]1C[C@@H](CO)N(C(=O)c2cc(=O)[nH]c3c(F)cc(C)cc23)C1. The fourth-order valence-electron chi connectivity index (χ4n) is 3.25. The number of methoxy groups -OCH3 is 1. The summed E-state index contributed by atoms with van der Waals surface area (Å²) in [5.74, 6) is -0.985. The van der Waals surface area contributed by atoms with Gasteiger partial charge in [-0.05, 0) is 31.0 Å². The summed E-state index contributed by atoms with van der Waals surface area (Å²) in [6.07, 6.45) is 0.352. The first-order valence-corrected chi connectivity index (χ1v) is 7.72. The van der Waals surface area contributed by atoms with Gasteiger partial charge in [-0.15, -0.1) is 0 Å². The summed E-state index contributed by atoms with van der Waals surface area (Å²) in [7, 11) is 1.55. The number of benzene rings is 1. The highest BCUT2D eigenvalue weighted by atomic mass is 19.1. The minimum atomic E-state index is -0.577. The fraction of sp³-hybridized carbons (Fsp3) is 0.412. The summed E-state index contributed by atoms with van der Waals surface area (Å²) in [4.78, 5) is 28.7. The molecule has 128 valence electrons. The highest BCUT2D eigenvalue weighted by Crippen LogP contribution is 2.26. The monoisotopic (exact) mass is 334 g/mol. The van der Waals surface area contributed by atoms with Gasteiger partial charge in [0.05, 0.1) is 29.8 Å². The standard InChI is InChI=1S/C17H19FN2O4/c1-9-3-12-13(6-15(22)19-16(12)14(18)4-9)17(23)20-7-11(24-2)5-10(20)8-21/h3-4,6,10-11,21H,5,7-8H2,1-2H3,(H,19,22)/t10-,11+/m0/s1. The molecule has 1 saturated heterocycles. The number of fused-ring (bicyclic) bond motifs is 1. The molecule has 0 saturated carbocycles. The van der Waals surface area contributed by atoms with Crippen molar-refractivity contribution >= 4 is 16.8 Å². The van der Waals surface area contributed by atoms with Gasteiger partial charge in [0.15, 0.2) is 0 Å². The van der Waals surface area contributed by atoms with Crippen molar-refractivity contribution in [1.82, 2.24) is 9.88 Å². The number of aromatic nitrogens is 1. The fourth-order valence-corrected chi connectivity index (χ4v) is 3.25. The van der Waals surface area contributed by atoms with Crippen molar-refractivity contribution < 1.29 is 19.0 Å². The number of aliphatic hydroxyl groups excluding tert-OH is 1. The summed E-state index contributed by atoms with van der Waals surface area (Å²) in [6, 6.07) is 3.77. The van der Waals surface area contributed by atoms with Crippen LogP contribution in [0.3, 0.4) is 0 Å². The van der Waals surface area contributed by atoms with Gasteiger partial charge in [0.2, 0.25) is 5.56 Å². The number of nitrogens with one attached hydrogen (secondary N) is 1. The van der Waals surface area contributed by atoms with Gasteiger partial charge in [-0.3, -0.25) is 9.59 Å². The average molecular weight is 334 g/mol. The third-order valence-corrected chi connectivity index (χ3v) is 4.46. The minimum absolute atomic E-state index is 0.0134. The van der Waals surface area contributed by atoms with Crippen molar-refractivity contribution in [2.45, 2.75) is 25.5 Å². The lowest BCUT2D eigenvalue weighted by atomic mass is 10.0. The summed E-state index contributed by atoms with van der Waals surface area (Å²) in [5, 5.41) is 9.88. The van der Waals surface area contributed by atoms with Crippen molar-refractivity contribution in [3.8, 4) is 0 Å². The molecule has 0 unspecified atom stereocenters. The minimum Gasteiger partial charge on any atom is -0.394 e. The molecule has 1 aliphatic heterocycles. The average Bonchev–Trinajstić information content (AvgIpc) is 2.98. The second-order valence-electron chi connectivity index (χ2n) is 6.10. The number of aromatic amines is 1. The summed E-state index contributed by atoms with van der Waals surface area (Å²) < 4.78 is 19.4. The number of nitrogens with zero attached hydrogens (tertiary/aromatic N) is 1. The van der Waals surface area contributed by atoms with E-state index >= 15 is 0 Å². The quantitative estimate of drug-likeness (QED) is 0.883. The van der Waals surface area contributed by atoms with Crippen LogP contribution < -0.4 is 5.56 Å². The predicted octanol–water partition coefficient (Wildman–Crippen LogP) is 1.20. The van der Waals surface area contributed by atoms with Crippen molar-refractivity contribution in [3.05, 3.63) is 45.5 Å². The van der Waals surface area contributed by atoms with Gasteiger partial charge in [-0.1, -0.05) is 0 Å². The highest BCUT2D eigenvalue weighted by Gasteiger charge is 2.36. The Morgan fingerprint density at radius 2 is 2.21 bits per heavy atom. The van der Waals surface area contributed by atoms with Crippen molar-refractivity contribution in [1.29, 1.82) is 0 Å². The molecule has 0 bridgehead atoms. The normalized spacial score (nSPS) is 20.8. The summed E-state index contributed by atoms with van der Waals surface area (Å²) in [6.45, 7) is 1.85. The predicted molar refractivity (Wildman–Crippen MR) is 86.6 cm³/mol. The largest absolute Gasteiger partial charge is 0.394 e. The molecule has 1 fully saturated rings. The number of hydrogen-bond acceptors (Lipinski definition) is 4. The van der Waals surface area contributed by atoms with Crippen LogP contribution in [0, 0.1) is 12.7 Å². The molecular weight excluding hydrogens is 315 g/mol. The number of amides is 1. The van der Waals surface area contributed by atoms with Crippen LogP contribution in [-0.2, 0) is 4.74 Å². The van der Waals surface area contributed by atoms with Crippen LogP contribution >= 0.6 is 0 Å². The molecule has 1 aliphatic rings. The number of aliphatic hydroxyl groups is 1. The van der Waals surface area contributed by atoms with Gasteiger partial charge in [0, 0.05) is 25.1 Å². The smallest absolute Gasteiger partial charge is 0.255 e. The number of carbonyl (C=O) groups is 1. The maximum atomic E-state index is 14.2. The third kappa shape index (κ3) is 2.81. The first-order chi connectivity index (χ1) is 11.4. The number of likely N-dealkylation sites (tertiary alicyclic amines) is 1. The van der Waals surface area contributed by atoms with E-state index in [0.29, 0.717) is 23.9 Å². The van der Waals surface area contributed by atoms with Gasteiger partial charge >= 0.3 is 0 Å². The van der Waals surface area contributed by atoms with Gasteiger partial charge in [0.1, 0.15) is 5.82 Å². The molecule has 6 nitrogen and oxygen atoms in total. The van der Waals surface area contributed by atoms with E-state index in [-0.39, 0.29) is 29.8 Å². The molecule has 1 aromatic heterocycles. The second kappa shape index (κ2) is 6.33. The number of rotatable bonds is 3. The molecule has 1 aromatic carbocycles. The van der Waals surface area contributed by atoms with Crippen LogP contribution in [0.2, 0.25) is 0 Å². The van der Waals surface area contributed by atoms with Gasteiger partial charge in [-0.25, -0.2) is 4.39 Å². The maximum Gasteiger partial charge on any atom is 0.255 e. The molecule has 2 atom stereocenters. The lowest BCUT2D eigenvalue weighted by Crippen LogP contribution is -2.38. The Balaban J connectivity index is 2.12. The van der Waals surface area contributed by atoms with E-state index in [0.717, 1.165) is 0 Å². The van der Waals surface area contributed by atoms with Crippen molar-refractivity contribution in [3.63, 3.8) is 0 Å². The number of hydrogen-bond donors (Lipinski definition) is 2. The molecule has 0 spiro atoms. The Kier molecular flexibility index (Phi) is 4.38. The second-order valence-corrected chi connectivity index (χ2v) is 6.10. The van der Waals surface area contributed by atoms with E-state index in [9.17, 15) is 19.1 Å². The van der Waals surface area contributed by atoms with Crippen LogP contribution in [0.5, 0.6) is 0 Å². The zero-order valence-electron chi connectivity index (χ0n) is 13.5. The molecule has 0 radical (unpaired) electrons. The molecule has 2 N–H and O–H groups in total. The summed E-state index contributed by atoms with van der Waals surface area (Å²) >= 11 is 0. The Morgan fingerprint density at radius 3 is 2.88 bits per heavy atom. The first-order valence-electron chi connectivity index (χ1n) is 7.72. The van der Waals surface area contributed by atoms with Crippen LogP contribution in [0.4, 0.5) is 4.39 Å². The van der Waals surface area contributed by atoms with Gasteiger partial charge in [-0.2, -0.15) is 0 Å².